The van der Waals surface area contributed by atoms with Crippen LogP contribution in [0.1, 0.15) is 0 Å². The summed E-state index contributed by atoms with van der Waals surface area (Å²) in [5.41, 5.74) is 75.6. The van der Waals surface area contributed by atoms with Crippen molar-refractivity contribution >= 4 is 0 Å². The predicted molar refractivity (Wildman–Crippen MR) is 330 cm³/mol. The molecule has 0 aromatic carbocycles. The van der Waals surface area contributed by atoms with Gasteiger partial charge in [0.05, 0.1) is 108 Å². The van der Waals surface area contributed by atoms with Crippen LogP contribution < -0.4 is 0 Å². The zero-order valence-corrected chi connectivity index (χ0v) is 55.1. The van der Waals surface area contributed by atoms with Gasteiger partial charge in [-0.05, 0) is 44.2 Å². The summed E-state index contributed by atoms with van der Waals surface area (Å²) in [7, 11) is 0. The highest BCUT2D eigenvalue weighted by Crippen LogP contribution is 2.41. The molecule has 107 heavy (non-hydrogen) atoms. The summed E-state index contributed by atoms with van der Waals surface area (Å²) in [5.74, 6) is 0. The van der Waals surface area contributed by atoms with Crippen LogP contribution in [0.4, 0.5) is 0 Å². The number of ether oxygens (including phenoxy) is 17. The number of azide groups is 8. The average Bonchev–Trinajstić information content (AvgIpc) is 0.771. The highest BCUT2D eigenvalue weighted by Gasteiger charge is 2.61. The predicted octanol–water partition coefficient (Wildman–Crippen LogP) is -5.65. The van der Waals surface area contributed by atoms with Crippen molar-refractivity contribution in [3.8, 4) is 0 Å². The van der Waals surface area contributed by atoms with Crippen LogP contribution in [0.3, 0.4) is 0 Å². The van der Waals surface area contributed by atoms with Gasteiger partial charge < -0.3 is 157 Å². The van der Waals surface area contributed by atoms with Crippen molar-refractivity contribution in [2.75, 3.05) is 59.0 Å². The first-order valence-electron chi connectivity index (χ1n) is 32.4. The summed E-state index contributed by atoms with van der Waals surface area (Å²) in [5, 5.41) is 205. The third-order valence-corrected chi connectivity index (χ3v) is 18.4. The van der Waals surface area contributed by atoms with Crippen molar-refractivity contribution in [1.82, 2.24) is 0 Å². The maximum absolute atomic E-state index is 12.2. The Hall–Kier alpha value is -7.06. The van der Waals surface area contributed by atoms with Gasteiger partial charge in [0.25, 0.3) is 0 Å². The SMILES string of the molecule is C=CCOC1C(O)C2OC(CN=[N+]=[N-])C1OC1OC(CN=[N+]=[N-])C(OC3OC(CN=[N+]=[N-])C(OC4OC(CN=[N+]=[N-])C(OC5OC(CN=[N+]=[N-])C(OC6OC(CN=[N+]=[N-])C(OC7OC(CN=[N+]=[N-])C(OC8OC(CN=[N+]=[N-])C(O2)C(O)C8O)C(O)C7O)C(O)C6O)C(O)C5O)C(O)C4O)C(O)C3O)C(O)C1O. The fraction of sp³-hybridized carbons (Fsp3) is 0.961. The van der Waals surface area contributed by atoms with Crippen molar-refractivity contribution < 1.29 is 157 Å². The minimum atomic E-state index is -2.35. The number of aliphatic hydroxyl groups is 15. The Labute approximate surface area is 597 Å². The highest BCUT2D eigenvalue weighted by atomic mass is 16.8. The van der Waals surface area contributed by atoms with Crippen molar-refractivity contribution in [1.29, 1.82) is 0 Å². The summed E-state index contributed by atoms with van der Waals surface area (Å²) in [6, 6.07) is 0. The van der Waals surface area contributed by atoms with E-state index < -0.39 is 305 Å². The average molecular weight is 1540 g/mol. The summed E-state index contributed by atoms with van der Waals surface area (Å²) in [6.07, 6.45) is -82.9. The molecule has 30 saturated heterocycles. The molecule has 0 saturated carbocycles. The Morgan fingerprint density at radius 3 is 0.542 bits per heavy atom. The maximum atomic E-state index is 12.2. The van der Waals surface area contributed by atoms with Crippen LogP contribution in [0.5, 0.6) is 0 Å². The second kappa shape index (κ2) is 39.0. The van der Waals surface area contributed by atoms with Gasteiger partial charge in [-0.25, -0.2) is 0 Å². The molecule has 30 heterocycles. The molecule has 40 atom stereocenters. The first kappa shape index (κ1) is 84.0. The van der Waals surface area contributed by atoms with Crippen LogP contribution in [0, 0.1) is 0 Å². The molecule has 0 radical (unpaired) electrons. The summed E-state index contributed by atoms with van der Waals surface area (Å²) < 4.78 is 102. The van der Waals surface area contributed by atoms with Gasteiger partial charge in [0.1, 0.15) is 146 Å². The van der Waals surface area contributed by atoms with Gasteiger partial charge in [-0.2, -0.15) is 0 Å². The maximum Gasteiger partial charge on any atom is 0.187 e. The molecule has 15 N–H and O–H groups in total. The van der Waals surface area contributed by atoms with Gasteiger partial charge in [-0.1, -0.05) is 47.0 Å². The van der Waals surface area contributed by atoms with Crippen LogP contribution in [0.15, 0.2) is 53.6 Å². The molecule has 30 aliphatic heterocycles. The van der Waals surface area contributed by atoms with Crippen LogP contribution in [-0.2, 0) is 80.5 Å². The van der Waals surface area contributed by atoms with Gasteiger partial charge in [0.15, 0.2) is 50.3 Å². The van der Waals surface area contributed by atoms with Crippen LogP contribution in [-0.4, -0.2) is 381 Å². The largest absolute Gasteiger partial charge is 0.387 e. The van der Waals surface area contributed by atoms with E-state index in [4.69, 9.17) is 80.5 Å². The van der Waals surface area contributed by atoms with E-state index in [9.17, 15) is 121 Å². The van der Waals surface area contributed by atoms with Gasteiger partial charge >= 0.3 is 0 Å². The standard InChI is InChI=1S/C51H76N24O32/c1-2-3-91-43-34(90)51-99-19(11-67-75-59)42(43)107-50-33(89)26(82)40(17(98-50)9-65-73-57)105-48-31(87)24(80)38(15(96-48)7-63-71-55)103-46-29(85)22(78)36(13(94-46)5-61-69-53)101-44-27(83)20(76)35(12(92-44)4-60-68-52)100-45-28(84)21(77)37(14(93-45)6-62-70-54)102-47-30(86)23(79)39(16(95-47)8-64-72-56)104-49-32(88)25(81)41(106-51)18(97-49)10-66-74-58/h2,12-51,76-90H,1,3-11H2. The topological polar surface area (TPSA) is 850 Å². The number of nitrogens with zero attached hydrogens (tertiary/aromatic N) is 24. The molecule has 56 nitrogen and oxygen atoms in total. The van der Waals surface area contributed by atoms with Crippen LogP contribution in [0.25, 0.3) is 83.5 Å². The number of rotatable bonds is 19. The normalized spacial score (nSPS) is 46.6. The summed E-state index contributed by atoms with van der Waals surface area (Å²) in [4.78, 5) is 21.5. The zero-order valence-electron chi connectivity index (χ0n) is 55.1. The van der Waals surface area contributed by atoms with Crippen LogP contribution >= 0.6 is 0 Å². The highest BCUT2D eigenvalue weighted by molar-refractivity contribution is 5.04. The van der Waals surface area contributed by atoms with Crippen molar-refractivity contribution in [2.24, 2.45) is 40.9 Å². The molecular formula is C51H76N24O32. The number of hydrogen-bond acceptors (Lipinski definition) is 40. The number of aliphatic hydroxyl groups excluding tert-OH is 15. The minimum Gasteiger partial charge on any atom is -0.387 e. The van der Waals surface area contributed by atoms with Crippen molar-refractivity contribution in [3.63, 3.8) is 0 Å². The molecule has 30 rings (SSSR count). The van der Waals surface area contributed by atoms with Crippen LogP contribution in [0.2, 0.25) is 0 Å². The molecule has 0 aromatic rings. The lowest BCUT2D eigenvalue weighted by Crippen LogP contribution is -2.69. The Kier molecular flexibility index (Phi) is 30.6. The molecule has 56 heteroatoms. The molecular weight excluding hydrogens is 1460 g/mol. The van der Waals surface area contributed by atoms with E-state index in [2.05, 4.69) is 86.8 Å². The van der Waals surface area contributed by atoms with Gasteiger partial charge in [-0.15, -0.1) is 6.58 Å². The molecule has 30 fully saturated rings. The lowest BCUT2D eigenvalue weighted by molar-refractivity contribution is -0.399. The number of hydrogen-bond donors (Lipinski definition) is 15. The second-order valence-corrected chi connectivity index (χ2v) is 24.9. The fourth-order valence-electron chi connectivity index (χ4n) is 13.2. The molecule has 40 unspecified atom stereocenters. The first-order chi connectivity index (χ1) is 51.4. The molecule has 0 aromatic heterocycles. The van der Waals surface area contributed by atoms with Gasteiger partial charge in [-0.3, -0.25) is 0 Å². The first-order valence-corrected chi connectivity index (χ1v) is 32.4. The third kappa shape index (κ3) is 19.0. The van der Waals surface area contributed by atoms with E-state index in [1.807, 2.05) is 0 Å². The fourth-order valence-corrected chi connectivity index (χ4v) is 13.2. The molecule has 16 bridgehead atoms. The molecule has 592 valence electrons. The smallest absolute Gasteiger partial charge is 0.187 e. The molecule has 30 aliphatic rings. The Morgan fingerprint density at radius 2 is 0.383 bits per heavy atom. The van der Waals surface area contributed by atoms with E-state index >= 15 is 0 Å². The van der Waals surface area contributed by atoms with E-state index in [-0.39, 0.29) is 0 Å². The van der Waals surface area contributed by atoms with Gasteiger partial charge in [0.2, 0.25) is 0 Å². The van der Waals surface area contributed by atoms with E-state index in [1.165, 1.54) is 6.08 Å². The lowest BCUT2D eigenvalue weighted by Gasteiger charge is -2.51. The lowest BCUT2D eigenvalue weighted by atomic mass is 9.94. The molecule has 0 amide bonds. The molecule has 0 aliphatic carbocycles. The van der Waals surface area contributed by atoms with Crippen molar-refractivity contribution in [3.05, 3.63) is 96.2 Å². The summed E-state index contributed by atoms with van der Waals surface area (Å²) in [6.45, 7) is -3.45. The quantitative estimate of drug-likeness (QED) is 0.0248. The van der Waals surface area contributed by atoms with Crippen molar-refractivity contribution in [2.45, 2.75) is 246 Å². The third-order valence-electron chi connectivity index (χ3n) is 18.4. The molecule has 0 spiro atoms. The zero-order chi connectivity index (χ0) is 77.5. The second-order valence-electron chi connectivity index (χ2n) is 24.9. The van der Waals surface area contributed by atoms with E-state index in [0.717, 1.165) is 0 Å². The summed E-state index contributed by atoms with van der Waals surface area (Å²) >= 11 is 0. The monoisotopic (exact) mass is 1540 g/mol. The van der Waals surface area contributed by atoms with Gasteiger partial charge in [0, 0.05) is 39.3 Å². The Morgan fingerprint density at radius 1 is 0.234 bits per heavy atom. The minimum absolute atomic E-state index is 0.447. The Balaban J connectivity index is 1.08. The Bertz CT molecular complexity index is 3320. The van der Waals surface area contributed by atoms with E-state index in [1.54, 1.807) is 0 Å². The van der Waals surface area contributed by atoms with E-state index in [0.29, 0.717) is 0 Å².